The van der Waals surface area contributed by atoms with E-state index in [0.717, 1.165) is 18.4 Å². The number of halogens is 3. The molecule has 1 unspecified atom stereocenters. The molecule has 1 atom stereocenters. The van der Waals surface area contributed by atoms with E-state index in [0.29, 0.717) is 18.4 Å². The Labute approximate surface area is 172 Å². The average molecular weight is 417 g/mol. The Balaban J connectivity index is 2.11. The topological polar surface area (TPSA) is 83.6 Å². The summed E-state index contributed by atoms with van der Waals surface area (Å²) in [6.07, 6.45) is -2.44. The van der Waals surface area contributed by atoms with Crippen LogP contribution in [0, 0.1) is 18.8 Å². The highest BCUT2D eigenvalue weighted by Crippen LogP contribution is 2.43. The number of nitrogens with zero attached hydrogens (tertiary/aromatic N) is 3. The molecule has 30 heavy (non-hydrogen) atoms. The quantitative estimate of drug-likeness (QED) is 0.572. The van der Waals surface area contributed by atoms with Crippen LogP contribution in [0.3, 0.4) is 0 Å². The number of tetrazole rings is 1. The summed E-state index contributed by atoms with van der Waals surface area (Å²) in [6, 6.07) is 6.90. The molecule has 2 heterocycles. The van der Waals surface area contributed by atoms with Gasteiger partial charge < -0.3 is 5.32 Å². The Morgan fingerprint density at radius 3 is 2.53 bits per heavy atom. The third kappa shape index (κ3) is 4.37. The van der Waals surface area contributed by atoms with Gasteiger partial charge in [-0.2, -0.15) is 18.4 Å². The van der Waals surface area contributed by atoms with Crippen LogP contribution in [-0.2, 0) is 4.79 Å². The second-order valence-electron chi connectivity index (χ2n) is 7.25. The summed E-state index contributed by atoms with van der Waals surface area (Å²) in [5.41, 5.74) is -1.11. The minimum Gasteiger partial charge on any atom is -0.328 e. The van der Waals surface area contributed by atoms with Crippen molar-refractivity contribution in [1.82, 2.24) is 25.9 Å². The number of unbranched alkanes of at least 4 members (excludes halogenated alkanes) is 3. The lowest BCUT2D eigenvalue weighted by molar-refractivity contribution is -0.180. The van der Waals surface area contributed by atoms with Crippen molar-refractivity contribution >= 4 is 17.1 Å². The molecule has 1 aromatic carbocycles. The van der Waals surface area contributed by atoms with E-state index >= 15 is 0 Å². The number of carbonyl (C=O) groups is 1. The molecular formula is C21H22F3N5O. The highest BCUT2D eigenvalue weighted by molar-refractivity contribution is 6.27. The monoisotopic (exact) mass is 417 g/mol. The summed E-state index contributed by atoms with van der Waals surface area (Å²) in [5.74, 6) is 3.98. The van der Waals surface area contributed by atoms with E-state index in [9.17, 15) is 18.0 Å². The normalized spacial score (nSPS) is 19.3. The minimum absolute atomic E-state index is 0.0414. The highest BCUT2D eigenvalue weighted by Gasteiger charge is 2.58. The van der Waals surface area contributed by atoms with Crippen LogP contribution in [0.5, 0.6) is 0 Å². The minimum atomic E-state index is -4.76. The number of aromatic amines is 1. The second kappa shape index (κ2) is 8.69. The van der Waals surface area contributed by atoms with Crippen molar-refractivity contribution < 1.29 is 18.0 Å². The number of nitrogens with one attached hydrogen (secondary N) is 2. The molecule has 0 bridgehead atoms. The maximum absolute atomic E-state index is 14.2. The molecule has 0 aliphatic carbocycles. The first-order chi connectivity index (χ1) is 14.3. The average Bonchev–Trinajstić information content (AvgIpc) is 3.21. The van der Waals surface area contributed by atoms with Gasteiger partial charge in [0.2, 0.25) is 11.4 Å². The van der Waals surface area contributed by atoms with Gasteiger partial charge in [-0.3, -0.25) is 4.79 Å². The first kappa shape index (κ1) is 21.6. The number of amides is 1. The number of aryl methyl sites for hydroxylation is 1. The Bertz CT molecular complexity index is 984. The summed E-state index contributed by atoms with van der Waals surface area (Å²) < 4.78 is 42.5. The molecule has 0 saturated carbocycles. The molecule has 0 saturated heterocycles. The van der Waals surface area contributed by atoms with Gasteiger partial charge in [0.1, 0.15) is 0 Å². The van der Waals surface area contributed by atoms with Crippen molar-refractivity contribution in [2.45, 2.75) is 57.7 Å². The second-order valence-corrected chi connectivity index (χ2v) is 7.25. The third-order valence-electron chi connectivity index (χ3n) is 4.96. The number of H-pyrrole nitrogens is 1. The molecule has 0 spiro atoms. The number of benzene rings is 1. The molecule has 1 aromatic heterocycles. The maximum Gasteiger partial charge on any atom is 0.423 e. The summed E-state index contributed by atoms with van der Waals surface area (Å²) in [4.78, 5) is 12.9. The van der Waals surface area contributed by atoms with Crippen LogP contribution in [0.4, 0.5) is 13.2 Å². The van der Waals surface area contributed by atoms with Crippen molar-refractivity contribution in [2.24, 2.45) is 0 Å². The summed E-state index contributed by atoms with van der Waals surface area (Å²) in [7, 11) is 0. The van der Waals surface area contributed by atoms with Gasteiger partial charge in [-0.15, -0.1) is 16.1 Å². The van der Waals surface area contributed by atoms with Crippen LogP contribution in [-0.4, -0.2) is 38.2 Å². The molecule has 0 fully saturated rings. The van der Waals surface area contributed by atoms with Crippen molar-refractivity contribution in [3.05, 3.63) is 41.2 Å². The van der Waals surface area contributed by atoms with E-state index in [-0.39, 0.29) is 17.0 Å². The fourth-order valence-electron chi connectivity index (χ4n) is 3.29. The lowest BCUT2D eigenvalue weighted by Crippen LogP contribution is -2.60. The predicted molar refractivity (Wildman–Crippen MR) is 106 cm³/mol. The van der Waals surface area contributed by atoms with Crippen molar-refractivity contribution in [2.75, 3.05) is 0 Å². The van der Waals surface area contributed by atoms with Crippen LogP contribution in [0.25, 0.3) is 11.1 Å². The van der Waals surface area contributed by atoms with Gasteiger partial charge in [-0.1, -0.05) is 55.5 Å². The number of alkyl halides is 3. The van der Waals surface area contributed by atoms with Crippen molar-refractivity contribution in [3.63, 3.8) is 0 Å². The zero-order chi connectivity index (χ0) is 21.8. The molecule has 3 rings (SSSR count). The van der Waals surface area contributed by atoms with Crippen LogP contribution in [0.15, 0.2) is 24.3 Å². The van der Waals surface area contributed by atoms with Gasteiger partial charge in [0.25, 0.3) is 5.91 Å². The van der Waals surface area contributed by atoms with Gasteiger partial charge in [0.15, 0.2) is 0 Å². The van der Waals surface area contributed by atoms with Gasteiger partial charge in [-0.25, -0.2) is 0 Å². The van der Waals surface area contributed by atoms with Crippen LogP contribution in [0.2, 0.25) is 0 Å². The molecule has 158 valence electrons. The predicted octanol–water partition coefficient (Wildman–Crippen LogP) is 3.82. The van der Waals surface area contributed by atoms with Gasteiger partial charge in [-0.05, 0) is 29.7 Å². The largest absolute Gasteiger partial charge is 0.423 e. The first-order valence-corrected chi connectivity index (χ1v) is 9.70. The number of carbonyl (C=O) groups excluding carboxylic acids is 1. The maximum atomic E-state index is 14.2. The molecule has 1 amide bonds. The molecule has 1 aliphatic rings. The zero-order valence-electron chi connectivity index (χ0n) is 16.7. The standard InChI is InChI=1S/C21H22F3N5O/c1-3-4-5-6-7-12-20(21(22,23)24)13-16(15-10-8-14(2)9-11-15)17(19(30)25-20)18-26-28-29-27-18/h8-11H,3-6,13H2,1-2H3,(H,25,30)(H,26,27,28,29). The first-order valence-electron chi connectivity index (χ1n) is 9.70. The van der Waals surface area contributed by atoms with Gasteiger partial charge in [0.05, 0.1) is 5.57 Å². The molecule has 2 N–H and O–H groups in total. The lowest BCUT2D eigenvalue weighted by Gasteiger charge is -2.37. The summed E-state index contributed by atoms with van der Waals surface area (Å²) in [6.45, 7) is 3.87. The van der Waals surface area contributed by atoms with Crippen LogP contribution >= 0.6 is 0 Å². The fraction of sp³-hybridized carbons (Fsp3) is 0.429. The highest BCUT2D eigenvalue weighted by atomic mass is 19.4. The van der Waals surface area contributed by atoms with E-state index in [2.05, 4.69) is 37.8 Å². The van der Waals surface area contributed by atoms with E-state index in [4.69, 9.17) is 0 Å². The Morgan fingerprint density at radius 1 is 1.20 bits per heavy atom. The zero-order valence-corrected chi connectivity index (χ0v) is 16.7. The van der Waals surface area contributed by atoms with E-state index in [1.54, 1.807) is 24.3 Å². The lowest BCUT2D eigenvalue weighted by atomic mass is 9.80. The third-order valence-corrected chi connectivity index (χ3v) is 4.96. The van der Waals surface area contributed by atoms with E-state index < -0.39 is 24.0 Å². The van der Waals surface area contributed by atoms with Gasteiger partial charge >= 0.3 is 6.18 Å². The van der Waals surface area contributed by atoms with Crippen LogP contribution in [0.1, 0.15) is 56.0 Å². The molecule has 9 heteroatoms. The van der Waals surface area contributed by atoms with Gasteiger partial charge in [0, 0.05) is 12.8 Å². The molecule has 1 aliphatic heterocycles. The van der Waals surface area contributed by atoms with Crippen LogP contribution < -0.4 is 5.32 Å². The Morgan fingerprint density at radius 2 is 1.93 bits per heavy atom. The molecule has 0 radical (unpaired) electrons. The Hall–Kier alpha value is -3.15. The van der Waals surface area contributed by atoms with E-state index in [1.807, 2.05) is 13.8 Å². The van der Waals surface area contributed by atoms with Crippen molar-refractivity contribution in [1.29, 1.82) is 0 Å². The smallest absolute Gasteiger partial charge is 0.328 e. The van der Waals surface area contributed by atoms with E-state index in [1.165, 1.54) is 0 Å². The SMILES string of the molecule is CCCCCC#CC1(C(F)(F)F)CC(c2ccc(C)cc2)=C(c2nn[nH]n2)C(=O)N1. The fourth-order valence-corrected chi connectivity index (χ4v) is 3.29. The Kier molecular flexibility index (Phi) is 6.25. The molecular weight excluding hydrogens is 395 g/mol. The number of rotatable bonds is 5. The summed E-state index contributed by atoms with van der Waals surface area (Å²) >= 11 is 0. The summed E-state index contributed by atoms with van der Waals surface area (Å²) in [5, 5.41) is 15.4. The number of aromatic nitrogens is 4. The number of hydrogen-bond donors (Lipinski definition) is 2. The molecule has 6 nitrogen and oxygen atoms in total. The molecule has 2 aromatic rings. The number of hydrogen-bond acceptors (Lipinski definition) is 4. The van der Waals surface area contributed by atoms with Crippen molar-refractivity contribution in [3.8, 4) is 11.8 Å².